The fourth-order valence-electron chi connectivity index (χ4n) is 0.686. The van der Waals surface area contributed by atoms with Gasteiger partial charge in [0.1, 0.15) is 0 Å². The highest BCUT2D eigenvalue weighted by Crippen LogP contribution is 2.23. The monoisotopic (exact) mass is 183 g/mol. The smallest absolute Gasteiger partial charge is 0.0567 e. The molecule has 0 radical (unpaired) electrons. The van der Waals surface area contributed by atoms with Gasteiger partial charge in [-0.05, 0) is 30.1 Å². The second-order valence-electron chi connectivity index (χ2n) is 1.91. The van der Waals surface area contributed by atoms with Crippen LogP contribution in [-0.4, -0.2) is 0 Å². The quantitative estimate of drug-likeness (QED) is 0.534. The van der Waals surface area contributed by atoms with Crippen LogP contribution in [0.5, 0.6) is 0 Å². The zero-order chi connectivity index (χ0) is 8.27. The van der Waals surface area contributed by atoms with Gasteiger partial charge in [0.25, 0.3) is 0 Å². The molecular weight excluding hydrogens is 178 g/mol. The van der Waals surface area contributed by atoms with E-state index in [0.717, 1.165) is 22.4 Å². The molecular formula is C8H6ClNS. The molecule has 56 valence electrons. The fraction of sp³-hybridized carbons (Fsp3) is 0. The second-order valence-corrected chi connectivity index (χ2v) is 2.99. The predicted molar refractivity (Wildman–Crippen MR) is 49.4 cm³/mol. The van der Waals surface area contributed by atoms with Crippen molar-refractivity contribution in [1.82, 2.24) is 0 Å². The summed E-state index contributed by atoms with van der Waals surface area (Å²) in [5.41, 5.74) is 0.771. The molecule has 0 saturated heterocycles. The Bertz CT molecular complexity index is 303. The molecule has 0 atom stereocenters. The summed E-state index contributed by atoms with van der Waals surface area (Å²) in [6.07, 6.45) is 5.16. The Balaban J connectivity index is 3.12. The van der Waals surface area contributed by atoms with Crippen molar-refractivity contribution in [3.8, 4) is 12.3 Å². The topological polar surface area (TPSA) is 26.0 Å². The summed E-state index contributed by atoms with van der Waals surface area (Å²) in [6, 6.07) is 5.33. The lowest BCUT2D eigenvalue weighted by Crippen LogP contribution is -1.82. The van der Waals surface area contributed by atoms with E-state index in [4.69, 9.17) is 23.2 Å². The number of rotatable bonds is 1. The van der Waals surface area contributed by atoms with Gasteiger partial charge >= 0.3 is 0 Å². The third-order valence-corrected chi connectivity index (χ3v) is 2.26. The van der Waals surface area contributed by atoms with E-state index in [1.807, 2.05) is 6.07 Å². The largest absolute Gasteiger partial charge is 0.274 e. The highest BCUT2D eigenvalue weighted by Gasteiger charge is 1.98. The van der Waals surface area contributed by atoms with Gasteiger partial charge < -0.3 is 0 Å². The molecule has 0 spiro atoms. The van der Waals surface area contributed by atoms with Gasteiger partial charge in [-0.15, -0.1) is 6.42 Å². The molecule has 0 aliphatic rings. The van der Waals surface area contributed by atoms with Gasteiger partial charge in [0.05, 0.1) is 5.02 Å². The Hall–Kier alpha value is -0.620. The van der Waals surface area contributed by atoms with E-state index in [1.54, 1.807) is 12.1 Å². The van der Waals surface area contributed by atoms with Crippen LogP contribution in [0.15, 0.2) is 23.1 Å². The van der Waals surface area contributed by atoms with Crippen LogP contribution in [0.3, 0.4) is 0 Å². The number of benzene rings is 1. The molecule has 1 nitrogen and oxygen atoms in total. The van der Waals surface area contributed by atoms with Crippen LogP contribution in [0.1, 0.15) is 5.56 Å². The van der Waals surface area contributed by atoms with Gasteiger partial charge in [-0.25, -0.2) is 0 Å². The molecule has 0 unspecified atom stereocenters. The van der Waals surface area contributed by atoms with E-state index >= 15 is 0 Å². The van der Waals surface area contributed by atoms with E-state index in [9.17, 15) is 0 Å². The fourth-order valence-corrected chi connectivity index (χ4v) is 1.32. The van der Waals surface area contributed by atoms with Crippen molar-refractivity contribution in [2.45, 2.75) is 4.90 Å². The number of halogens is 1. The molecule has 0 amide bonds. The second kappa shape index (κ2) is 3.68. The molecule has 1 aromatic rings. The molecule has 1 rings (SSSR count). The first-order chi connectivity index (χ1) is 5.27. The molecule has 0 aromatic heterocycles. The normalized spacial score (nSPS) is 9.18. The molecule has 0 aliphatic heterocycles. The minimum absolute atomic E-state index is 0.605. The Morgan fingerprint density at radius 3 is 2.73 bits per heavy atom. The molecule has 1 aromatic carbocycles. The summed E-state index contributed by atoms with van der Waals surface area (Å²) < 4.78 is 0. The molecule has 0 aliphatic carbocycles. The minimum Gasteiger partial charge on any atom is -0.274 e. The van der Waals surface area contributed by atoms with E-state index < -0.39 is 0 Å². The molecule has 3 heteroatoms. The van der Waals surface area contributed by atoms with Crippen molar-refractivity contribution in [2.24, 2.45) is 5.14 Å². The maximum atomic E-state index is 5.81. The Morgan fingerprint density at radius 1 is 1.55 bits per heavy atom. The van der Waals surface area contributed by atoms with Gasteiger partial charge in [0.2, 0.25) is 0 Å². The summed E-state index contributed by atoms with van der Waals surface area (Å²) in [6.45, 7) is 0. The van der Waals surface area contributed by atoms with Crippen molar-refractivity contribution in [2.75, 3.05) is 0 Å². The molecule has 2 N–H and O–H groups in total. The number of hydrogen-bond donors (Lipinski definition) is 1. The maximum Gasteiger partial charge on any atom is 0.0567 e. The van der Waals surface area contributed by atoms with E-state index in [0.29, 0.717) is 5.02 Å². The lowest BCUT2D eigenvalue weighted by Gasteiger charge is -1.98. The van der Waals surface area contributed by atoms with Gasteiger partial charge in [-0.2, -0.15) is 0 Å². The summed E-state index contributed by atoms with van der Waals surface area (Å²) in [4.78, 5) is 0.839. The van der Waals surface area contributed by atoms with Crippen molar-refractivity contribution >= 4 is 23.5 Å². The third kappa shape index (κ3) is 1.90. The van der Waals surface area contributed by atoms with E-state index in [1.165, 1.54) is 0 Å². The summed E-state index contributed by atoms with van der Waals surface area (Å²) in [5, 5.41) is 5.93. The maximum absolute atomic E-state index is 5.81. The van der Waals surface area contributed by atoms with Crippen LogP contribution in [0.25, 0.3) is 0 Å². The van der Waals surface area contributed by atoms with Crippen molar-refractivity contribution in [3.63, 3.8) is 0 Å². The van der Waals surface area contributed by atoms with E-state index in [-0.39, 0.29) is 0 Å². The average molecular weight is 184 g/mol. The summed E-state index contributed by atoms with van der Waals surface area (Å²) in [5.74, 6) is 2.48. The molecule has 0 saturated carbocycles. The van der Waals surface area contributed by atoms with Crippen LogP contribution < -0.4 is 5.14 Å². The first-order valence-electron chi connectivity index (χ1n) is 2.91. The predicted octanol–water partition coefficient (Wildman–Crippen LogP) is 2.29. The summed E-state index contributed by atoms with van der Waals surface area (Å²) in [7, 11) is 0. The molecule has 11 heavy (non-hydrogen) atoms. The van der Waals surface area contributed by atoms with E-state index in [2.05, 4.69) is 5.92 Å². The Morgan fingerprint density at radius 2 is 2.27 bits per heavy atom. The van der Waals surface area contributed by atoms with Crippen molar-refractivity contribution in [3.05, 3.63) is 28.8 Å². The van der Waals surface area contributed by atoms with Gasteiger partial charge in [-0.3, -0.25) is 5.14 Å². The van der Waals surface area contributed by atoms with Crippen LogP contribution in [0.4, 0.5) is 0 Å². The van der Waals surface area contributed by atoms with Crippen molar-refractivity contribution < 1.29 is 0 Å². The van der Waals surface area contributed by atoms with Crippen molar-refractivity contribution in [1.29, 1.82) is 0 Å². The average Bonchev–Trinajstić information content (AvgIpc) is 2.04. The standard InChI is InChI=1S/C8H6ClNS/c1-2-6-3-4-8(11-10)7(9)5-6/h1,3-5H,10H2. The van der Waals surface area contributed by atoms with Crippen LogP contribution in [-0.2, 0) is 0 Å². The summed E-state index contributed by atoms with van der Waals surface area (Å²) >= 11 is 6.93. The SMILES string of the molecule is C#Cc1ccc(SN)c(Cl)c1. The molecule has 0 heterocycles. The zero-order valence-corrected chi connectivity index (χ0v) is 7.25. The lowest BCUT2D eigenvalue weighted by atomic mass is 10.2. The highest BCUT2D eigenvalue weighted by atomic mass is 35.5. The van der Waals surface area contributed by atoms with Gasteiger partial charge in [-0.1, -0.05) is 17.5 Å². The van der Waals surface area contributed by atoms with Gasteiger partial charge in [0, 0.05) is 10.5 Å². The number of hydrogen-bond acceptors (Lipinski definition) is 2. The highest BCUT2D eigenvalue weighted by molar-refractivity contribution is 7.97. The molecule has 0 fully saturated rings. The zero-order valence-electron chi connectivity index (χ0n) is 5.67. The first-order valence-corrected chi connectivity index (χ1v) is 4.16. The van der Waals surface area contributed by atoms with Gasteiger partial charge in [0.15, 0.2) is 0 Å². The Kier molecular flexibility index (Phi) is 2.84. The number of terminal acetylenes is 1. The lowest BCUT2D eigenvalue weighted by molar-refractivity contribution is 1.44. The third-order valence-electron chi connectivity index (χ3n) is 1.23. The number of nitrogens with two attached hydrogens (primary N) is 1. The van der Waals surface area contributed by atoms with Crippen LogP contribution in [0, 0.1) is 12.3 Å². The van der Waals surface area contributed by atoms with Crippen LogP contribution in [0.2, 0.25) is 5.02 Å². The van der Waals surface area contributed by atoms with Crippen LogP contribution >= 0.6 is 23.5 Å². The first kappa shape index (κ1) is 8.48. The Labute approximate surface area is 75.1 Å². The molecule has 0 bridgehead atoms. The minimum atomic E-state index is 0.605.